The van der Waals surface area contributed by atoms with Crippen molar-refractivity contribution >= 4 is 28.6 Å². The Hall–Kier alpha value is -3.56. The minimum atomic E-state index is -4.57. The lowest BCUT2D eigenvalue weighted by Crippen LogP contribution is -2.15. The molecule has 0 aliphatic carbocycles. The predicted molar refractivity (Wildman–Crippen MR) is 96.3 cm³/mol. The van der Waals surface area contributed by atoms with Gasteiger partial charge in [-0.3, -0.25) is 0 Å². The molecule has 4 N–H and O–H groups in total. The van der Waals surface area contributed by atoms with Gasteiger partial charge in [0, 0.05) is 11.8 Å². The molecule has 2 heterocycles. The number of hydrogen-bond donors (Lipinski definition) is 2. The zero-order chi connectivity index (χ0) is 19.6. The monoisotopic (exact) mass is 373 g/mol. The first-order valence-electron chi connectivity index (χ1n) is 7.70. The van der Waals surface area contributed by atoms with E-state index >= 15 is 0 Å². The number of rotatable bonds is 2. The Bertz CT molecular complexity index is 1050. The van der Waals surface area contributed by atoms with Crippen LogP contribution in [0.25, 0.3) is 22.4 Å². The van der Waals surface area contributed by atoms with Gasteiger partial charge in [0.2, 0.25) is 5.96 Å². The average molecular weight is 373 g/mol. The quantitative estimate of drug-likeness (QED) is 0.529. The summed E-state index contributed by atoms with van der Waals surface area (Å²) in [6, 6.07) is 8.26. The number of nitrogens with two attached hydrogens (primary N) is 2. The van der Waals surface area contributed by atoms with Gasteiger partial charge in [0.25, 0.3) is 0 Å². The number of hydrogen-bond acceptors (Lipinski definition) is 4. The van der Waals surface area contributed by atoms with Crippen LogP contribution >= 0.6 is 0 Å². The Morgan fingerprint density at radius 1 is 1.04 bits per heavy atom. The smallest absolute Gasteiger partial charge is 0.387 e. The van der Waals surface area contributed by atoms with Crippen molar-refractivity contribution in [2.24, 2.45) is 21.5 Å². The number of fused-ring (bicyclic) bond motifs is 1. The number of pyridine rings is 1. The number of nitrogens with zero attached hydrogens (tertiary/aromatic N) is 5. The summed E-state index contributed by atoms with van der Waals surface area (Å²) in [5.41, 5.74) is 10.3. The minimum absolute atomic E-state index is 0.0441. The van der Waals surface area contributed by atoms with E-state index in [1.54, 1.807) is 12.1 Å². The maximum Gasteiger partial charge on any atom is 0.417 e. The van der Waals surface area contributed by atoms with Gasteiger partial charge >= 0.3 is 6.18 Å². The van der Waals surface area contributed by atoms with Crippen LogP contribution in [0.5, 0.6) is 0 Å². The van der Waals surface area contributed by atoms with E-state index in [4.69, 9.17) is 11.5 Å². The molecule has 0 atom stereocenters. The molecule has 0 amide bonds. The van der Waals surface area contributed by atoms with E-state index in [0.717, 1.165) is 6.07 Å². The second kappa shape index (κ2) is 6.98. The summed E-state index contributed by atoms with van der Waals surface area (Å²) in [6.45, 7) is 1.52. The van der Waals surface area contributed by atoms with Crippen LogP contribution < -0.4 is 11.5 Å². The van der Waals surface area contributed by atoms with Crippen LogP contribution in [0.4, 0.5) is 19.0 Å². The van der Waals surface area contributed by atoms with E-state index in [1.165, 1.54) is 31.3 Å². The van der Waals surface area contributed by atoms with Crippen LogP contribution in [0, 0.1) is 0 Å². The van der Waals surface area contributed by atoms with E-state index in [-0.39, 0.29) is 34.6 Å². The second-order valence-electron chi connectivity index (χ2n) is 5.51. The summed E-state index contributed by atoms with van der Waals surface area (Å²) in [7, 11) is 0. The molecule has 0 aliphatic rings. The Morgan fingerprint density at radius 3 is 2.48 bits per heavy atom. The van der Waals surface area contributed by atoms with Crippen LogP contribution in [0.3, 0.4) is 0 Å². The van der Waals surface area contributed by atoms with Gasteiger partial charge in [0.1, 0.15) is 0 Å². The SMILES string of the molecule is CC(N)=NC(N)=Nc1nc(-c2ccccc2C(F)(F)F)nc2ncccc12. The van der Waals surface area contributed by atoms with Gasteiger partial charge in [-0.2, -0.15) is 18.2 Å². The topological polar surface area (TPSA) is 115 Å². The highest BCUT2D eigenvalue weighted by Crippen LogP contribution is 2.36. The molecule has 0 fully saturated rings. The van der Waals surface area contributed by atoms with Crippen LogP contribution in [-0.4, -0.2) is 26.7 Å². The van der Waals surface area contributed by atoms with Gasteiger partial charge in [-0.05, 0) is 25.1 Å². The lowest BCUT2D eigenvalue weighted by atomic mass is 10.1. The number of amidine groups is 1. The number of aromatic nitrogens is 3. The molecule has 0 saturated carbocycles. The van der Waals surface area contributed by atoms with Crippen molar-refractivity contribution in [3.05, 3.63) is 48.2 Å². The number of benzene rings is 1. The molecule has 0 saturated heterocycles. The molecule has 138 valence electrons. The summed E-state index contributed by atoms with van der Waals surface area (Å²) in [5, 5.41) is 0.415. The highest BCUT2D eigenvalue weighted by atomic mass is 19.4. The molecule has 3 aromatic rings. The molecule has 7 nitrogen and oxygen atoms in total. The highest BCUT2D eigenvalue weighted by Gasteiger charge is 2.34. The van der Waals surface area contributed by atoms with Crippen molar-refractivity contribution in [1.82, 2.24) is 15.0 Å². The van der Waals surface area contributed by atoms with Gasteiger partial charge in [0.15, 0.2) is 17.3 Å². The minimum Gasteiger partial charge on any atom is -0.387 e. The maximum atomic E-state index is 13.4. The van der Waals surface area contributed by atoms with Gasteiger partial charge < -0.3 is 11.5 Å². The number of alkyl halides is 3. The summed E-state index contributed by atoms with van der Waals surface area (Å²) < 4.78 is 40.1. The molecule has 0 aliphatic heterocycles. The summed E-state index contributed by atoms with van der Waals surface area (Å²) in [4.78, 5) is 20.3. The number of aliphatic imine (C=N–C) groups is 2. The fraction of sp³-hybridized carbons (Fsp3) is 0.118. The second-order valence-corrected chi connectivity index (χ2v) is 5.51. The van der Waals surface area contributed by atoms with Gasteiger partial charge in [-0.25, -0.2) is 19.9 Å². The fourth-order valence-electron chi connectivity index (χ4n) is 2.39. The van der Waals surface area contributed by atoms with E-state index < -0.39 is 11.7 Å². The lowest BCUT2D eigenvalue weighted by Gasteiger charge is -2.12. The Labute approximate surface area is 151 Å². The van der Waals surface area contributed by atoms with Crippen LogP contribution in [0.15, 0.2) is 52.6 Å². The molecule has 3 rings (SSSR count). The highest BCUT2D eigenvalue weighted by molar-refractivity contribution is 5.96. The third-order valence-corrected chi connectivity index (χ3v) is 3.44. The first-order chi connectivity index (χ1) is 12.8. The number of halogens is 3. The van der Waals surface area contributed by atoms with E-state index in [1.807, 2.05) is 0 Å². The van der Waals surface area contributed by atoms with Crippen LogP contribution in [-0.2, 0) is 6.18 Å². The van der Waals surface area contributed by atoms with E-state index in [2.05, 4.69) is 24.9 Å². The van der Waals surface area contributed by atoms with Crippen molar-refractivity contribution in [1.29, 1.82) is 0 Å². The normalized spacial score (nSPS) is 13.2. The molecular weight excluding hydrogens is 359 g/mol. The largest absolute Gasteiger partial charge is 0.417 e. The molecule has 10 heteroatoms. The number of guanidine groups is 1. The van der Waals surface area contributed by atoms with Gasteiger partial charge in [-0.1, -0.05) is 18.2 Å². The molecule has 1 aromatic carbocycles. The zero-order valence-corrected chi connectivity index (χ0v) is 14.1. The zero-order valence-electron chi connectivity index (χ0n) is 14.1. The predicted octanol–water partition coefficient (Wildman–Crippen LogP) is 3.03. The standard InChI is InChI=1S/C17H14F3N7/c1-9(21)24-16(22)27-15-11-6-4-8-23-13(11)25-14(26-15)10-5-2-3-7-12(10)17(18,19)20/h2-8H,1H3,(H4,21,22,23,24,25,26,27). The third kappa shape index (κ3) is 4.00. The fourth-order valence-corrected chi connectivity index (χ4v) is 2.39. The van der Waals surface area contributed by atoms with E-state index in [9.17, 15) is 13.2 Å². The molecule has 0 unspecified atom stereocenters. The first kappa shape index (κ1) is 18.2. The maximum absolute atomic E-state index is 13.4. The summed E-state index contributed by atoms with van der Waals surface area (Å²) in [5.74, 6) is -0.138. The van der Waals surface area contributed by atoms with Crippen molar-refractivity contribution in [2.75, 3.05) is 0 Å². The van der Waals surface area contributed by atoms with Gasteiger partial charge in [0.05, 0.1) is 16.8 Å². The van der Waals surface area contributed by atoms with Crippen molar-refractivity contribution in [3.8, 4) is 11.4 Å². The van der Waals surface area contributed by atoms with Crippen LogP contribution in [0.1, 0.15) is 12.5 Å². The molecule has 2 aromatic heterocycles. The third-order valence-electron chi connectivity index (χ3n) is 3.44. The molecule has 0 radical (unpaired) electrons. The van der Waals surface area contributed by atoms with Crippen molar-refractivity contribution in [3.63, 3.8) is 0 Å². The van der Waals surface area contributed by atoms with Gasteiger partial charge in [-0.15, -0.1) is 0 Å². The summed E-state index contributed by atoms with van der Waals surface area (Å²) in [6.07, 6.45) is -3.10. The van der Waals surface area contributed by atoms with Crippen molar-refractivity contribution < 1.29 is 13.2 Å². The first-order valence-corrected chi connectivity index (χ1v) is 7.70. The Kier molecular flexibility index (Phi) is 4.72. The molecular formula is C17H14F3N7. The summed E-state index contributed by atoms with van der Waals surface area (Å²) >= 11 is 0. The van der Waals surface area contributed by atoms with Crippen LogP contribution in [0.2, 0.25) is 0 Å². The Morgan fingerprint density at radius 2 is 1.78 bits per heavy atom. The molecule has 0 spiro atoms. The van der Waals surface area contributed by atoms with E-state index in [0.29, 0.717) is 5.39 Å². The lowest BCUT2D eigenvalue weighted by molar-refractivity contribution is -0.137. The van der Waals surface area contributed by atoms with Crippen molar-refractivity contribution in [2.45, 2.75) is 13.1 Å². The molecule has 27 heavy (non-hydrogen) atoms. The average Bonchev–Trinajstić information content (AvgIpc) is 2.60. The molecule has 0 bridgehead atoms. The Balaban J connectivity index is 2.27.